The van der Waals surface area contributed by atoms with Gasteiger partial charge >= 0.3 is 0 Å². The summed E-state index contributed by atoms with van der Waals surface area (Å²) in [6.45, 7) is 1.77. The summed E-state index contributed by atoms with van der Waals surface area (Å²) in [7, 11) is 3.38. The fraction of sp³-hybridized carbons (Fsp3) is 0.250. The number of anilines is 1. The monoisotopic (exact) mass is 566 g/mol. The molecule has 0 aliphatic rings. The lowest BCUT2D eigenvalue weighted by Crippen LogP contribution is -2.30. The molecule has 33 heavy (non-hydrogen) atoms. The third-order valence-corrected chi connectivity index (χ3v) is 4.38. The molecule has 0 bridgehead atoms. The van der Waals surface area contributed by atoms with Gasteiger partial charge in [-0.1, -0.05) is 6.07 Å². The molecular weight excluding hydrogens is 538 g/mol. The van der Waals surface area contributed by atoms with E-state index in [9.17, 15) is 4.39 Å². The maximum atomic E-state index is 13.1. The molecule has 0 amide bonds. The van der Waals surface area contributed by atoms with Crippen molar-refractivity contribution in [2.75, 3.05) is 32.7 Å². The lowest BCUT2D eigenvalue weighted by Gasteiger charge is -2.13. The van der Waals surface area contributed by atoms with Crippen LogP contribution in [0.25, 0.3) is 0 Å². The summed E-state index contributed by atoms with van der Waals surface area (Å²) >= 11 is 0. The number of rotatable bonds is 10. The predicted molar refractivity (Wildman–Crippen MR) is 138 cm³/mol. The van der Waals surface area contributed by atoms with Gasteiger partial charge in [0, 0.05) is 57.7 Å². The van der Waals surface area contributed by atoms with Crippen molar-refractivity contribution in [3.63, 3.8) is 0 Å². The Kier molecular flexibility index (Phi) is 11.4. The highest BCUT2D eigenvalue weighted by atomic mass is 127. The van der Waals surface area contributed by atoms with Crippen molar-refractivity contribution < 1.29 is 18.6 Å². The molecule has 0 spiro atoms. The molecule has 3 aromatic rings. The molecule has 0 aliphatic heterocycles. The highest BCUT2D eigenvalue weighted by molar-refractivity contribution is 14.0. The molecule has 2 N–H and O–H groups in total. The Balaban J connectivity index is 0.00000385. The SMILES string of the molecule is CN=C(NCc1ccnc(Oc2ccc(F)cc2)c1)Nc1cccc(OCCCOC)c1.I. The van der Waals surface area contributed by atoms with E-state index in [0.29, 0.717) is 37.3 Å². The highest BCUT2D eigenvalue weighted by Crippen LogP contribution is 2.20. The van der Waals surface area contributed by atoms with Crippen LogP contribution in [0.1, 0.15) is 12.0 Å². The van der Waals surface area contributed by atoms with Crippen molar-refractivity contribution in [2.24, 2.45) is 4.99 Å². The van der Waals surface area contributed by atoms with Gasteiger partial charge in [-0.25, -0.2) is 9.37 Å². The van der Waals surface area contributed by atoms with Crippen LogP contribution in [0.4, 0.5) is 10.1 Å². The third-order valence-electron chi connectivity index (χ3n) is 4.38. The number of hydrogen-bond acceptors (Lipinski definition) is 5. The molecule has 3 rings (SSSR count). The molecule has 2 aromatic carbocycles. The molecule has 0 fully saturated rings. The van der Waals surface area contributed by atoms with Crippen molar-refractivity contribution in [1.82, 2.24) is 10.3 Å². The smallest absolute Gasteiger partial charge is 0.219 e. The first-order valence-corrected chi connectivity index (χ1v) is 10.2. The number of methoxy groups -OCH3 is 1. The number of aliphatic imine (C=N–C) groups is 1. The van der Waals surface area contributed by atoms with Crippen LogP contribution in [0.15, 0.2) is 71.9 Å². The summed E-state index contributed by atoms with van der Waals surface area (Å²) < 4.78 is 29.5. The Labute approximate surface area is 210 Å². The van der Waals surface area contributed by atoms with E-state index in [1.807, 2.05) is 36.4 Å². The largest absolute Gasteiger partial charge is 0.493 e. The predicted octanol–water partition coefficient (Wildman–Crippen LogP) is 5.23. The quantitative estimate of drug-likeness (QED) is 0.152. The second kappa shape index (κ2) is 14.3. The van der Waals surface area contributed by atoms with Crippen LogP contribution in [0, 0.1) is 5.82 Å². The van der Waals surface area contributed by atoms with Crippen LogP contribution < -0.4 is 20.1 Å². The van der Waals surface area contributed by atoms with E-state index in [2.05, 4.69) is 20.6 Å². The molecule has 0 unspecified atom stereocenters. The summed E-state index contributed by atoms with van der Waals surface area (Å²) in [6, 6.07) is 17.2. The zero-order valence-electron chi connectivity index (χ0n) is 18.6. The molecule has 0 saturated carbocycles. The maximum Gasteiger partial charge on any atom is 0.219 e. The molecule has 0 atom stereocenters. The van der Waals surface area contributed by atoms with E-state index in [4.69, 9.17) is 14.2 Å². The van der Waals surface area contributed by atoms with Crippen molar-refractivity contribution in [3.8, 4) is 17.4 Å². The Bertz CT molecular complexity index is 1020. The topological polar surface area (TPSA) is 77.0 Å². The van der Waals surface area contributed by atoms with Gasteiger partial charge in [-0.15, -0.1) is 24.0 Å². The lowest BCUT2D eigenvalue weighted by molar-refractivity contribution is 0.172. The number of pyridine rings is 1. The van der Waals surface area contributed by atoms with Gasteiger partial charge in [0.2, 0.25) is 5.88 Å². The zero-order valence-corrected chi connectivity index (χ0v) is 20.9. The Morgan fingerprint density at radius 2 is 1.85 bits per heavy atom. The average molecular weight is 566 g/mol. The number of aromatic nitrogens is 1. The van der Waals surface area contributed by atoms with Gasteiger partial charge in [0.15, 0.2) is 5.96 Å². The van der Waals surface area contributed by atoms with E-state index in [0.717, 1.165) is 23.4 Å². The van der Waals surface area contributed by atoms with Crippen molar-refractivity contribution in [1.29, 1.82) is 0 Å². The molecule has 0 radical (unpaired) electrons. The molecule has 176 valence electrons. The van der Waals surface area contributed by atoms with Gasteiger partial charge in [-0.2, -0.15) is 0 Å². The molecule has 0 aliphatic carbocycles. The number of nitrogens with zero attached hydrogens (tertiary/aromatic N) is 2. The van der Waals surface area contributed by atoms with Crippen LogP contribution in [0.3, 0.4) is 0 Å². The summed E-state index contributed by atoms with van der Waals surface area (Å²) in [5.74, 6) is 2.02. The summed E-state index contributed by atoms with van der Waals surface area (Å²) in [4.78, 5) is 8.47. The number of guanidine groups is 1. The average Bonchev–Trinajstić information content (AvgIpc) is 2.81. The van der Waals surface area contributed by atoms with Crippen LogP contribution in [-0.4, -0.2) is 38.3 Å². The number of benzene rings is 2. The van der Waals surface area contributed by atoms with Crippen LogP contribution >= 0.6 is 24.0 Å². The molecule has 7 nitrogen and oxygen atoms in total. The first kappa shape index (κ1) is 26.3. The second-order valence-electron chi connectivity index (χ2n) is 6.83. The standard InChI is InChI=1S/C24H27FN4O3.HI/c1-26-24(29-20-5-3-6-22(16-20)31-14-4-13-30-2)28-17-18-11-12-27-23(15-18)32-21-9-7-19(25)8-10-21;/h3,5-12,15-16H,4,13-14,17H2,1-2H3,(H2,26,28,29);1H. The normalized spacial score (nSPS) is 10.8. The van der Waals surface area contributed by atoms with Gasteiger partial charge in [0.1, 0.15) is 17.3 Å². The Morgan fingerprint density at radius 1 is 1.03 bits per heavy atom. The highest BCUT2D eigenvalue weighted by Gasteiger charge is 2.05. The minimum atomic E-state index is -0.315. The van der Waals surface area contributed by atoms with Crippen LogP contribution in [-0.2, 0) is 11.3 Å². The van der Waals surface area contributed by atoms with Gasteiger partial charge < -0.3 is 24.8 Å². The zero-order chi connectivity index (χ0) is 22.6. The Hall–Kier alpha value is -2.92. The fourth-order valence-electron chi connectivity index (χ4n) is 2.80. The summed E-state index contributed by atoms with van der Waals surface area (Å²) in [5, 5.41) is 6.51. The van der Waals surface area contributed by atoms with E-state index in [-0.39, 0.29) is 29.8 Å². The number of nitrogens with one attached hydrogen (secondary N) is 2. The van der Waals surface area contributed by atoms with Gasteiger partial charge in [0.25, 0.3) is 0 Å². The molecule has 1 heterocycles. The van der Waals surface area contributed by atoms with E-state index in [1.54, 1.807) is 32.5 Å². The summed E-state index contributed by atoms with van der Waals surface area (Å²) in [6.07, 6.45) is 2.49. The second-order valence-corrected chi connectivity index (χ2v) is 6.83. The van der Waals surface area contributed by atoms with Crippen LogP contribution in [0.5, 0.6) is 17.4 Å². The molecule has 1 aromatic heterocycles. The first-order valence-electron chi connectivity index (χ1n) is 10.2. The number of hydrogen-bond donors (Lipinski definition) is 2. The number of ether oxygens (including phenoxy) is 3. The molecule has 0 saturated heterocycles. The van der Waals surface area contributed by atoms with E-state index < -0.39 is 0 Å². The number of halogens is 2. The minimum Gasteiger partial charge on any atom is -0.493 e. The lowest BCUT2D eigenvalue weighted by atomic mass is 10.2. The first-order chi connectivity index (χ1) is 15.7. The van der Waals surface area contributed by atoms with E-state index >= 15 is 0 Å². The summed E-state index contributed by atoms with van der Waals surface area (Å²) in [5.41, 5.74) is 1.81. The maximum absolute atomic E-state index is 13.1. The third kappa shape index (κ3) is 9.22. The molecular formula is C24H28FIN4O3. The van der Waals surface area contributed by atoms with Crippen molar-refractivity contribution in [3.05, 3.63) is 78.2 Å². The van der Waals surface area contributed by atoms with Gasteiger partial charge in [-0.05, 0) is 48.0 Å². The van der Waals surface area contributed by atoms with Gasteiger partial charge in [0.05, 0.1) is 6.61 Å². The van der Waals surface area contributed by atoms with Crippen LogP contribution in [0.2, 0.25) is 0 Å². The van der Waals surface area contributed by atoms with Gasteiger partial charge in [-0.3, -0.25) is 4.99 Å². The fourth-order valence-corrected chi connectivity index (χ4v) is 2.80. The van der Waals surface area contributed by atoms with Crippen molar-refractivity contribution >= 4 is 35.6 Å². The minimum absolute atomic E-state index is 0. The van der Waals surface area contributed by atoms with Crippen molar-refractivity contribution in [2.45, 2.75) is 13.0 Å². The molecule has 9 heteroatoms. The van der Waals surface area contributed by atoms with E-state index in [1.165, 1.54) is 12.1 Å². The Morgan fingerprint density at radius 3 is 2.61 bits per heavy atom.